The molecular weight excluding hydrogens is 326 g/mol. The summed E-state index contributed by atoms with van der Waals surface area (Å²) >= 11 is 0. The van der Waals surface area contributed by atoms with E-state index in [4.69, 9.17) is 5.84 Å². The predicted molar refractivity (Wildman–Crippen MR) is 95.0 cm³/mol. The topological polar surface area (TPSA) is 92.5 Å². The van der Waals surface area contributed by atoms with Crippen LogP contribution in [0.25, 0.3) is 0 Å². The van der Waals surface area contributed by atoms with Crippen molar-refractivity contribution in [2.24, 2.45) is 5.84 Å². The minimum atomic E-state index is -3.44. The van der Waals surface area contributed by atoms with Crippen LogP contribution in [0.1, 0.15) is 27.0 Å². The number of nitrogens with zero attached hydrogens (tertiary/aromatic N) is 1. The van der Waals surface area contributed by atoms with Crippen molar-refractivity contribution in [2.45, 2.75) is 20.4 Å². The maximum atomic E-state index is 12.2. The molecule has 1 amide bonds. The predicted octanol–water partition coefficient (Wildman–Crippen LogP) is 1.87. The van der Waals surface area contributed by atoms with E-state index in [0.717, 1.165) is 16.7 Å². The van der Waals surface area contributed by atoms with Gasteiger partial charge in [-0.25, -0.2) is 14.3 Å². The minimum Gasteiger partial charge on any atom is -0.290 e. The first-order chi connectivity index (χ1) is 11.2. The number of hydrogen-bond acceptors (Lipinski definition) is 4. The van der Waals surface area contributed by atoms with Gasteiger partial charge in [-0.15, -0.1) is 0 Å². The van der Waals surface area contributed by atoms with Gasteiger partial charge < -0.3 is 0 Å². The number of hydrogen-bond donors (Lipinski definition) is 2. The quantitative estimate of drug-likeness (QED) is 0.491. The molecule has 0 atom stereocenters. The number of amides is 1. The largest absolute Gasteiger partial charge is 0.290 e. The van der Waals surface area contributed by atoms with Crippen LogP contribution in [0.2, 0.25) is 0 Å². The number of sulfonamides is 1. The van der Waals surface area contributed by atoms with Crippen LogP contribution < -0.4 is 15.6 Å². The monoisotopic (exact) mass is 347 g/mol. The van der Waals surface area contributed by atoms with Gasteiger partial charge in [0.05, 0.1) is 18.5 Å². The van der Waals surface area contributed by atoms with Gasteiger partial charge in [-0.3, -0.25) is 14.5 Å². The van der Waals surface area contributed by atoms with Gasteiger partial charge in [0.15, 0.2) is 0 Å². The zero-order valence-corrected chi connectivity index (χ0v) is 14.7. The van der Waals surface area contributed by atoms with Crippen LogP contribution in [-0.4, -0.2) is 20.6 Å². The van der Waals surface area contributed by atoms with E-state index in [2.05, 4.69) is 5.43 Å². The Morgan fingerprint density at radius 1 is 1.08 bits per heavy atom. The van der Waals surface area contributed by atoms with E-state index in [9.17, 15) is 13.2 Å². The second-order valence-corrected chi connectivity index (χ2v) is 7.62. The number of benzene rings is 2. The molecule has 2 aromatic rings. The lowest BCUT2D eigenvalue weighted by molar-refractivity contribution is 0.0953. The van der Waals surface area contributed by atoms with Crippen LogP contribution in [-0.2, 0) is 16.6 Å². The zero-order valence-electron chi connectivity index (χ0n) is 13.9. The Morgan fingerprint density at radius 2 is 1.71 bits per heavy atom. The van der Waals surface area contributed by atoms with Crippen LogP contribution in [0, 0.1) is 13.8 Å². The van der Waals surface area contributed by atoms with Crippen LogP contribution in [0.5, 0.6) is 0 Å². The molecule has 0 aliphatic carbocycles. The summed E-state index contributed by atoms with van der Waals surface area (Å²) in [4.78, 5) is 11.5. The lowest BCUT2D eigenvalue weighted by atomic mass is 10.1. The smallest absolute Gasteiger partial charge is 0.265 e. The Hall–Kier alpha value is -2.38. The molecule has 0 heterocycles. The van der Waals surface area contributed by atoms with Gasteiger partial charge in [0.2, 0.25) is 10.0 Å². The second kappa shape index (κ2) is 7.02. The fourth-order valence-electron chi connectivity index (χ4n) is 2.29. The Kier molecular flexibility index (Phi) is 5.26. The van der Waals surface area contributed by atoms with Gasteiger partial charge in [0.1, 0.15) is 0 Å². The van der Waals surface area contributed by atoms with E-state index in [1.807, 2.05) is 26.0 Å². The zero-order chi connectivity index (χ0) is 17.9. The molecule has 0 radical (unpaired) electrons. The molecule has 7 heteroatoms. The van der Waals surface area contributed by atoms with Crippen LogP contribution in [0.15, 0.2) is 42.5 Å². The van der Waals surface area contributed by atoms with E-state index in [1.54, 1.807) is 30.3 Å². The first kappa shape index (κ1) is 18.0. The molecule has 2 aromatic carbocycles. The van der Waals surface area contributed by atoms with E-state index < -0.39 is 15.9 Å². The Labute approximate surface area is 142 Å². The van der Waals surface area contributed by atoms with E-state index in [1.165, 1.54) is 10.6 Å². The van der Waals surface area contributed by atoms with Gasteiger partial charge in [0, 0.05) is 5.56 Å². The third kappa shape index (κ3) is 4.12. The third-order valence-corrected chi connectivity index (χ3v) is 4.99. The Balaban J connectivity index is 2.33. The maximum absolute atomic E-state index is 12.2. The van der Waals surface area contributed by atoms with Crippen LogP contribution >= 0.6 is 0 Å². The van der Waals surface area contributed by atoms with Crippen molar-refractivity contribution in [3.8, 4) is 0 Å². The van der Waals surface area contributed by atoms with Crippen molar-refractivity contribution in [1.82, 2.24) is 5.43 Å². The number of nitrogen functional groups attached to an aromatic ring is 1. The number of aryl methyl sites for hydroxylation is 2. The molecule has 0 bridgehead atoms. The van der Waals surface area contributed by atoms with E-state index in [0.29, 0.717) is 11.3 Å². The van der Waals surface area contributed by atoms with Gasteiger partial charge in [-0.1, -0.05) is 18.2 Å². The molecule has 0 saturated heterocycles. The summed E-state index contributed by atoms with van der Waals surface area (Å²) in [6, 6.07) is 12.2. The summed E-state index contributed by atoms with van der Waals surface area (Å²) in [5, 5.41) is 0. The molecule has 6 nitrogen and oxygen atoms in total. The number of carbonyl (C=O) groups excluding carboxylic acids is 1. The van der Waals surface area contributed by atoms with Crippen LogP contribution in [0.3, 0.4) is 0 Å². The molecule has 3 N–H and O–H groups in total. The molecule has 0 aliphatic rings. The fraction of sp³-hybridized carbons (Fsp3) is 0.235. The van der Waals surface area contributed by atoms with Gasteiger partial charge >= 0.3 is 0 Å². The number of rotatable bonds is 5. The molecule has 0 unspecified atom stereocenters. The summed E-state index contributed by atoms with van der Waals surface area (Å²) < 4.78 is 25.7. The Bertz CT molecular complexity index is 846. The highest BCUT2D eigenvalue weighted by Gasteiger charge is 2.18. The van der Waals surface area contributed by atoms with Gasteiger partial charge in [0.25, 0.3) is 5.91 Å². The highest BCUT2D eigenvalue weighted by atomic mass is 32.2. The summed E-state index contributed by atoms with van der Waals surface area (Å²) in [6.07, 6.45) is 1.18. The lowest BCUT2D eigenvalue weighted by Gasteiger charge is -2.23. The van der Waals surface area contributed by atoms with E-state index >= 15 is 0 Å². The normalized spacial score (nSPS) is 11.2. The van der Waals surface area contributed by atoms with Crippen molar-refractivity contribution >= 4 is 21.6 Å². The first-order valence-electron chi connectivity index (χ1n) is 7.37. The highest BCUT2D eigenvalue weighted by molar-refractivity contribution is 7.92. The Morgan fingerprint density at radius 3 is 2.21 bits per heavy atom. The number of anilines is 1. The molecule has 0 saturated carbocycles. The summed E-state index contributed by atoms with van der Waals surface area (Å²) in [7, 11) is -3.44. The van der Waals surface area contributed by atoms with Crippen molar-refractivity contribution in [3.63, 3.8) is 0 Å². The SMILES string of the molecule is Cc1ccc(N(Cc2ccc(C(=O)NN)cc2)S(C)(=O)=O)cc1C. The maximum Gasteiger partial charge on any atom is 0.265 e. The van der Waals surface area contributed by atoms with Crippen molar-refractivity contribution in [2.75, 3.05) is 10.6 Å². The molecule has 0 fully saturated rings. The van der Waals surface area contributed by atoms with Crippen molar-refractivity contribution < 1.29 is 13.2 Å². The third-order valence-electron chi connectivity index (χ3n) is 3.85. The molecule has 0 aromatic heterocycles. The highest BCUT2D eigenvalue weighted by Crippen LogP contribution is 2.23. The lowest BCUT2D eigenvalue weighted by Crippen LogP contribution is -2.30. The first-order valence-corrected chi connectivity index (χ1v) is 9.22. The molecule has 2 rings (SSSR count). The summed E-state index contributed by atoms with van der Waals surface area (Å²) in [5.41, 5.74) is 5.98. The number of carbonyl (C=O) groups is 1. The number of hydrazine groups is 1. The number of nitrogens with two attached hydrogens (primary N) is 1. The second-order valence-electron chi connectivity index (χ2n) is 5.71. The van der Waals surface area contributed by atoms with Gasteiger partial charge in [-0.05, 0) is 54.8 Å². The summed E-state index contributed by atoms with van der Waals surface area (Å²) in [5.74, 6) is 4.70. The average molecular weight is 347 g/mol. The number of nitrogens with one attached hydrogen (secondary N) is 1. The van der Waals surface area contributed by atoms with Crippen LogP contribution in [0.4, 0.5) is 5.69 Å². The molecule has 0 spiro atoms. The standard InChI is InChI=1S/C17H21N3O3S/c1-12-4-9-16(10-13(12)2)20(24(3,22)23)11-14-5-7-15(8-6-14)17(21)19-18/h4-10H,11,18H2,1-3H3,(H,19,21). The molecule has 128 valence electrons. The molecular formula is C17H21N3O3S. The van der Waals surface area contributed by atoms with E-state index in [-0.39, 0.29) is 6.54 Å². The van der Waals surface area contributed by atoms with Crippen molar-refractivity contribution in [1.29, 1.82) is 0 Å². The molecule has 0 aliphatic heterocycles. The van der Waals surface area contributed by atoms with Crippen molar-refractivity contribution in [3.05, 3.63) is 64.7 Å². The van der Waals surface area contributed by atoms with Gasteiger partial charge in [-0.2, -0.15) is 0 Å². The summed E-state index contributed by atoms with van der Waals surface area (Å²) in [6.45, 7) is 4.11. The minimum absolute atomic E-state index is 0.186. The average Bonchev–Trinajstić information content (AvgIpc) is 2.54. The molecule has 24 heavy (non-hydrogen) atoms. The fourth-order valence-corrected chi connectivity index (χ4v) is 3.17.